The smallest absolute Gasteiger partial charge is 0.328 e. The van der Waals surface area contributed by atoms with Crippen molar-refractivity contribution in [3.05, 3.63) is 41.1 Å². The molecule has 1 aliphatic carbocycles. The number of nitrogens with one attached hydrogen (secondary N) is 1. The molecular formula is C18H20N2O4. The summed E-state index contributed by atoms with van der Waals surface area (Å²) in [5.74, 6) is -1.14. The molecule has 1 saturated carbocycles. The molecule has 0 radical (unpaired) electrons. The standard InChI is InChI=1S/C18H20N2O4/c1-10-3-6-14-12(7-10)13(8-15(19-14)11-4-5-11)17(21)20-16(9-24-2)18(22)23/h3,6-8,11,16H,4-5,9H2,1-2H3,(H,20,21)(H,22,23). The molecule has 1 atom stereocenters. The second kappa shape index (κ2) is 6.57. The number of fused-ring (bicyclic) bond motifs is 1. The normalized spacial score (nSPS) is 15.2. The van der Waals surface area contributed by atoms with E-state index in [0.29, 0.717) is 11.5 Å². The van der Waals surface area contributed by atoms with Crippen LogP contribution in [0.3, 0.4) is 0 Å². The van der Waals surface area contributed by atoms with Gasteiger partial charge >= 0.3 is 5.97 Å². The number of ether oxygens (including phenoxy) is 1. The summed E-state index contributed by atoms with van der Waals surface area (Å²) in [7, 11) is 1.40. The Morgan fingerprint density at radius 2 is 2.12 bits per heavy atom. The largest absolute Gasteiger partial charge is 0.480 e. The van der Waals surface area contributed by atoms with E-state index in [2.05, 4.69) is 10.3 Å². The van der Waals surface area contributed by atoms with Crippen LogP contribution in [0.5, 0.6) is 0 Å². The molecule has 3 rings (SSSR count). The zero-order chi connectivity index (χ0) is 17.3. The van der Waals surface area contributed by atoms with E-state index in [4.69, 9.17) is 4.74 Å². The molecule has 0 aliphatic heterocycles. The molecule has 126 valence electrons. The van der Waals surface area contributed by atoms with Crippen LogP contribution in [0.1, 0.15) is 40.4 Å². The van der Waals surface area contributed by atoms with Crippen LogP contribution in [0, 0.1) is 6.92 Å². The minimum Gasteiger partial charge on any atom is -0.480 e. The summed E-state index contributed by atoms with van der Waals surface area (Å²) >= 11 is 0. The molecule has 1 unspecified atom stereocenters. The molecule has 0 saturated heterocycles. The highest BCUT2D eigenvalue weighted by atomic mass is 16.5. The number of carboxylic acids is 1. The van der Waals surface area contributed by atoms with Gasteiger partial charge in [0.15, 0.2) is 6.04 Å². The number of methoxy groups -OCH3 is 1. The van der Waals surface area contributed by atoms with Crippen molar-refractivity contribution in [2.24, 2.45) is 0 Å². The molecule has 1 fully saturated rings. The van der Waals surface area contributed by atoms with Crippen LogP contribution >= 0.6 is 0 Å². The lowest BCUT2D eigenvalue weighted by Gasteiger charge is -2.15. The quantitative estimate of drug-likeness (QED) is 0.849. The van der Waals surface area contributed by atoms with Crippen LogP contribution in [-0.2, 0) is 9.53 Å². The van der Waals surface area contributed by atoms with Crippen LogP contribution in [0.25, 0.3) is 10.9 Å². The average molecular weight is 328 g/mol. The monoisotopic (exact) mass is 328 g/mol. The molecule has 6 heteroatoms. The molecule has 1 amide bonds. The zero-order valence-electron chi connectivity index (χ0n) is 13.7. The molecule has 2 aromatic rings. The lowest BCUT2D eigenvalue weighted by molar-refractivity contribution is -0.140. The van der Waals surface area contributed by atoms with Gasteiger partial charge in [0.2, 0.25) is 0 Å². The minimum atomic E-state index is -1.12. The molecule has 0 bridgehead atoms. The SMILES string of the molecule is COCC(NC(=O)c1cc(C2CC2)nc2ccc(C)cc12)C(=O)O. The molecule has 6 nitrogen and oxygen atoms in total. The van der Waals surface area contributed by atoms with E-state index in [1.54, 1.807) is 6.07 Å². The van der Waals surface area contributed by atoms with Gasteiger partial charge in [-0.15, -0.1) is 0 Å². The summed E-state index contributed by atoms with van der Waals surface area (Å²) in [4.78, 5) is 28.6. The predicted molar refractivity (Wildman–Crippen MR) is 89.2 cm³/mol. The van der Waals surface area contributed by atoms with Gasteiger partial charge in [-0.2, -0.15) is 0 Å². The second-order valence-corrected chi connectivity index (χ2v) is 6.21. The van der Waals surface area contributed by atoms with Crippen molar-refractivity contribution in [3.63, 3.8) is 0 Å². The summed E-state index contributed by atoms with van der Waals surface area (Å²) in [6.45, 7) is 1.86. The number of benzene rings is 1. The van der Waals surface area contributed by atoms with Gasteiger partial charge in [-0.05, 0) is 38.0 Å². The van der Waals surface area contributed by atoms with Crippen LogP contribution in [0.15, 0.2) is 24.3 Å². The molecule has 24 heavy (non-hydrogen) atoms. The first-order chi connectivity index (χ1) is 11.5. The summed E-state index contributed by atoms with van der Waals surface area (Å²) in [5, 5.41) is 12.5. The van der Waals surface area contributed by atoms with Crippen molar-refractivity contribution in [1.29, 1.82) is 0 Å². The van der Waals surface area contributed by atoms with E-state index in [0.717, 1.165) is 35.0 Å². The lowest BCUT2D eigenvalue weighted by Crippen LogP contribution is -2.43. The van der Waals surface area contributed by atoms with Crippen molar-refractivity contribution in [2.75, 3.05) is 13.7 Å². The number of amides is 1. The number of aryl methyl sites for hydroxylation is 1. The number of carboxylic acid groups (broad SMARTS) is 1. The first-order valence-electron chi connectivity index (χ1n) is 7.93. The molecule has 0 spiro atoms. The van der Waals surface area contributed by atoms with Gasteiger partial charge < -0.3 is 15.2 Å². The Morgan fingerprint density at radius 1 is 1.38 bits per heavy atom. The molecule has 1 heterocycles. The number of aliphatic carboxylic acids is 1. The highest BCUT2D eigenvalue weighted by molar-refractivity contribution is 6.07. The molecule has 1 aliphatic rings. The Morgan fingerprint density at radius 3 is 2.75 bits per heavy atom. The topological polar surface area (TPSA) is 88.5 Å². The minimum absolute atomic E-state index is 0.0847. The fraction of sp³-hybridized carbons (Fsp3) is 0.389. The highest BCUT2D eigenvalue weighted by Gasteiger charge is 2.28. The number of hydrogen-bond acceptors (Lipinski definition) is 4. The van der Waals surface area contributed by atoms with Gasteiger partial charge in [-0.1, -0.05) is 11.6 Å². The Labute approximate surface area is 139 Å². The Bertz CT molecular complexity index is 799. The van der Waals surface area contributed by atoms with Crippen molar-refractivity contribution in [3.8, 4) is 0 Å². The van der Waals surface area contributed by atoms with Crippen LogP contribution in [-0.4, -0.2) is 41.7 Å². The summed E-state index contributed by atoms with van der Waals surface area (Å²) in [5.41, 5.74) is 3.14. The van der Waals surface area contributed by atoms with Gasteiger partial charge in [-0.3, -0.25) is 9.78 Å². The van der Waals surface area contributed by atoms with Gasteiger partial charge in [-0.25, -0.2) is 4.79 Å². The maximum atomic E-state index is 12.7. The van der Waals surface area contributed by atoms with Crippen LogP contribution in [0.2, 0.25) is 0 Å². The zero-order valence-corrected chi connectivity index (χ0v) is 13.7. The third-order valence-electron chi connectivity index (χ3n) is 4.16. The Kier molecular flexibility index (Phi) is 4.49. The third-order valence-corrected chi connectivity index (χ3v) is 4.16. The fourth-order valence-electron chi connectivity index (χ4n) is 2.71. The van der Waals surface area contributed by atoms with Gasteiger partial charge in [0.1, 0.15) is 0 Å². The molecule has 2 N–H and O–H groups in total. The number of aromatic nitrogens is 1. The summed E-state index contributed by atoms with van der Waals surface area (Å²) in [6.07, 6.45) is 2.15. The Balaban J connectivity index is 2.01. The van der Waals surface area contributed by atoms with Crippen molar-refractivity contribution >= 4 is 22.8 Å². The van der Waals surface area contributed by atoms with E-state index >= 15 is 0 Å². The van der Waals surface area contributed by atoms with E-state index in [-0.39, 0.29) is 6.61 Å². The number of nitrogens with zero attached hydrogens (tertiary/aromatic N) is 1. The number of carbonyl (C=O) groups is 2. The third kappa shape index (κ3) is 3.38. The van der Waals surface area contributed by atoms with Gasteiger partial charge in [0.25, 0.3) is 5.91 Å². The first-order valence-corrected chi connectivity index (χ1v) is 7.93. The number of rotatable bonds is 6. The van der Waals surface area contributed by atoms with Crippen LogP contribution < -0.4 is 5.32 Å². The summed E-state index contributed by atoms with van der Waals surface area (Å²) < 4.78 is 4.87. The van der Waals surface area contributed by atoms with Crippen molar-refractivity contribution in [2.45, 2.75) is 31.7 Å². The second-order valence-electron chi connectivity index (χ2n) is 6.21. The maximum absolute atomic E-state index is 12.7. The van der Waals surface area contributed by atoms with E-state index in [1.165, 1.54) is 7.11 Å². The summed E-state index contributed by atoms with van der Waals surface area (Å²) in [6, 6.07) is 6.47. The molecular weight excluding hydrogens is 308 g/mol. The number of carbonyl (C=O) groups excluding carboxylic acids is 1. The van der Waals surface area contributed by atoms with Gasteiger partial charge in [0.05, 0.1) is 17.7 Å². The predicted octanol–water partition coefficient (Wildman–Crippen LogP) is 2.25. The van der Waals surface area contributed by atoms with Gasteiger partial charge in [0, 0.05) is 24.1 Å². The fourth-order valence-corrected chi connectivity index (χ4v) is 2.71. The van der Waals surface area contributed by atoms with E-state index < -0.39 is 17.9 Å². The van der Waals surface area contributed by atoms with E-state index in [1.807, 2.05) is 25.1 Å². The molecule has 1 aromatic heterocycles. The first kappa shape index (κ1) is 16.4. The number of pyridine rings is 1. The van der Waals surface area contributed by atoms with Crippen LogP contribution in [0.4, 0.5) is 0 Å². The van der Waals surface area contributed by atoms with E-state index in [9.17, 15) is 14.7 Å². The van der Waals surface area contributed by atoms with Crippen molar-refractivity contribution < 1.29 is 19.4 Å². The lowest BCUT2D eigenvalue weighted by atomic mass is 10.0. The highest BCUT2D eigenvalue weighted by Crippen LogP contribution is 2.40. The maximum Gasteiger partial charge on any atom is 0.328 e. The molecule has 1 aromatic carbocycles. The Hall–Kier alpha value is -2.47. The average Bonchev–Trinajstić information content (AvgIpc) is 3.38. The van der Waals surface area contributed by atoms with Crippen molar-refractivity contribution in [1.82, 2.24) is 10.3 Å². The number of hydrogen-bond donors (Lipinski definition) is 2.